The van der Waals surface area contributed by atoms with Gasteiger partial charge in [0.25, 0.3) is 0 Å². The molecule has 0 fully saturated rings. The molecule has 4 aromatic rings. The molecule has 3 heterocycles. The molecule has 0 saturated heterocycles. The largest absolute Gasteiger partial charge is 0.493 e. The summed E-state index contributed by atoms with van der Waals surface area (Å²) in [5.74, 6) is 1.93. The molecule has 3 aromatic heterocycles. The van der Waals surface area contributed by atoms with E-state index >= 15 is 0 Å². The van der Waals surface area contributed by atoms with Gasteiger partial charge in [-0.1, -0.05) is 11.2 Å². The number of carbonyl (C=O) groups is 1. The Morgan fingerprint density at radius 2 is 2.06 bits per heavy atom. The third-order valence-corrected chi connectivity index (χ3v) is 6.20. The highest BCUT2D eigenvalue weighted by atomic mass is 32.1. The van der Waals surface area contributed by atoms with E-state index in [1.54, 1.807) is 7.11 Å². The van der Waals surface area contributed by atoms with Crippen LogP contribution in [0.15, 0.2) is 45.6 Å². The molecule has 0 aliphatic rings. The number of thiophene rings is 1. The molecule has 4 rings (SSSR count). The summed E-state index contributed by atoms with van der Waals surface area (Å²) in [6.45, 7) is 2.59. The average molecular weight is 472 g/mol. The first-order valence-electron chi connectivity index (χ1n) is 9.94. The molecule has 166 valence electrons. The lowest BCUT2D eigenvalue weighted by Gasteiger charge is -2.09. The minimum atomic E-state index is -0.349. The second kappa shape index (κ2) is 10.4. The fourth-order valence-electron chi connectivity index (χ4n) is 2.88. The summed E-state index contributed by atoms with van der Waals surface area (Å²) in [5.41, 5.74) is 1.59. The number of aryl methyl sites for hydroxylation is 1. The van der Waals surface area contributed by atoms with E-state index in [0.717, 1.165) is 15.4 Å². The third-order valence-electron chi connectivity index (χ3n) is 4.40. The summed E-state index contributed by atoms with van der Waals surface area (Å²) < 4.78 is 21.5. The summed E-state index contributed by atoms with van der Waals surface area (Å²) in [4.78, 5) is 21.9. The number of rotatable bonds is 10. The Hall–Kier alpha value is -3.24. The van der Waals surface area contributed by atoms with Crippen molar-refractivity contribution in [2.45, 2.75) is 26.4 Å². The van der Waals surface area contributed by atoms with Gasteiger partial charge in [0.15, 0.2) is 11.5 Å². The fourth-order valence-corrected chi connectivity index (χ4v) is 4.33. The van der Waals surface area contributed by atoms with Gasteiger partial charge in [0, 0.05) is 17.4 Å². The lowest BCUT2D eigenvalue weighted by molar-refractivity contribution is -0.145. The lowest BCUT2D eigenvalue weighted by atomic mass is 10.2. The zero-order chi connectivity index (χ0) is 22.3. The van der Waals surface area contributed by atoms with E-state index in [1.165, 1.54) is 22.7 Å². The van der Waals surface area contributed by atoms with Crippen LogP contribution in [0.1, 0.15) is 24.9 Å². The highest BCUT2D eigenvalue weighted by Crippen LogP contribution is 2.34. The van der Waals surface area contributed by atoms with E-state index in [1.807, 2.05) is 48.0 Å². The molecule has 0 radical (unpaired) electrons. The smallest absolute Gasteiger partial charge is 0.306 e. The first-order valence-corrected chi connectivity index (χ1v) is 11.7. The zero-order valence-corrected chi connectivity index (χ0v) is 19.2. The van der Waals surface area contributed by atoms with E-state index in [0.29, 0.717) is 41.9 Å². The van der Waals surface area contributed by atoms with Gasteiger partial charge in [0.2, 0.25) is 11.7 Å². The van der Waals surface area contributed by atoms with Gasteiger partial charge in [-0.25, -0.2) is 4.98 Å². The molecule has 0 atom stereocenters. The van der Waals surface area contributed by atoms with Crippen LogP contribution in [0.2, 0.25) is 0 Å². The summed E-state index contributed by atoms with van der Waals surface area (Å²) in [6.07, 6.45) is 0.477. The molecular weight excluding hydrogens is 450 g/mol. The average Bonchev–Trinajstić information content (AvgIpc) is 3.58. The van der Waals surface area contributed by atoms with Crippen molar-refractivity contribution < 1.29 is 23.5 Å². The predicted molar refractivity (Wildman–Crippen MR) is 121 cm³/mol. The number of hydrogen-bond acceptors (Lipinski definition) is 10. The van der Waals surface area contributed by atoms with Crippen molar-refractivity contribution in [3.05, 3.63) is 52.7 Å². The van der Waals surface area contributed by atoms with E-state index < -0.39 is 0 Å². The van der Waals surface area contributed by atoms with Gasteiger partial charge >= 0.3 is 5.97 Å². The molecule has 32 heavy (non-hydrogen) atoms. The molecule has 1 aromatic carbocycles. The van der Waals surface area contributed by atoms with Crippen molar-refractivity contribution in [3.8, 4) is 32.8 Å². The lowest BCUT2D eigenvalue weighted by Crippen LogP contribution is -2.06. The molecule has 0 bridgehead atoms. The van der Waals surface area contributed by atoms with Gasteiger partial charge in [-0.3, -0.25) is 4.79 Å². The van der Waals surface area contributed by atoms with Crippen LogP contribution in [0, 0.1) is 0 Å². The second-order valence-electron chi connectivity index (χ2n) is 6.59. The summed E-state index contributed by atoms with van der Waals surface area (Å²) in [6, 6.07) is 9.51. The van der Waals surface area contributed by atoms with Gasteiger partial charge in [0.1, 0.15) is 11.6 Å². The topological polar surface area (TPSA) is 96.6 Å². The van der Waals surface area contributed by atoms with Crippen LogP contribution in [-0.4, -0.2) is 34.8 Å². The Kier molecular flexibility index (Phi) is 7.13. The molecule has 0 aliphatic carbocycles. The normalized spacial score (nSPS) is 10.8. The standard InChI is InChI=1S/C22H21N3O5S2/c1-3-28-16-7-6-14(11-17(16)27-2)22-23-15(13-32-22)12-29-20(26)9-8-19-24-21(25-30-19)18-5-4-10-31-18/h4-7,10-11,13H,3,8-9,12H2,1-2H3. The second-order valence-corrected chi connectivity index (χ2v) is 8.40. The van der Waals surface area contributed by atoms with Crippen LogP contribution in [0.25, 0.3) is 21.3 Å². The Balaban J connectivity index is 1.29. The van der Waals surface area contributed by atoms with Crippen molar-refractivity contribution in [1.82, 2.24) is 15.1 Å². The quantitative estimate of drug-likeness (QED) is 0.298. The molecule has 0 amide bonds. The van der Waals surface area contributed by atoms with Crippen LogP contribution in [-0.2, 0) is 22.6 Å². The number of nitrogens with zero attached hydrogens (tertiary/aromatic N) is 3. The van der Waals surface area contributed by atoms with Crippen molar-refractivity contribution in [1.29, 1.82) is 0 Å². The Morgan fingerprint density at radius 1 is 1.16 bits per heavy atom. The highest BCUT2D eigenvalue weighted by Gasteiger charge is 2.14. The number of hydrogen-bond donors (Lipinski definition) is 0. The SMILES string of the molecule is CCOc1ccc(-c2nc(COC(=O)CCc3nc(-c4cccs4)no3)cs2)cc1OC. The monoisotopic (exact) mass is 471 g/mol. The molecular formula is C22H21N3O5S2. The summed E-state index contributed by atoms with van der Waals surface area (Å²) >= 11 is 3.00. The zero-order valence-electron chi connectivity index (χ0n) is 17.6. The fraction of sp³-hybridized carbons (Fsp3) is 0.273. The predicted octanol–water partition coefficient (Wildman–Crippen LogP) is 5.00. The van der Waals surface area contributed by atoms with Gasteiger partial charge < -0.3 is 18.7 Å². The Bertz CT molecular complexity index is 1170. The van der Waals surface area contributed by atoms with Crippen LogP contribution in [0.3, 0.4) is 0 Å². The third kappa shape index (κ3) is 5.32. The maximum atomic E-state index is 12.1. The first-order chi connectivity index (χ1) is 15.7. The van der Waals surface area contributed by atoms with Gasteiger partial charge in [-0.15, -0.1) is 22.7 Å². The van der Waals surface area contributed by atoms with E-state index in [-0.39, 0.29) is 19.0 Å². The maximum Gasteiger partial charge on any atom is 0.306 e. The number of esters is 1. The van der Waals surface area contributed by atoms with E-state index in [2.05, 4.69) is 15.1 Å². The van der Waals surface area contributed by atoms with Crippen LogP contribution >= 0.6 is 22.7 Å². The highest BCUT2D eigenvalue weighted by molar-refractivity contribution is 7.13. The van der Waals surface area contributed by atoms with Crippen LogP contribution in [0.5, 0.6) is 11.5 Å². The molecule has 0 saturated carbocycles. The molecule has 0 aliphatic heterocycles. The van der Waals surface area contributed by atoms with E-state index in [9.17, 15) is 4.79 Å². The Morgan fingerprint density at radius 3 is 2.84 bits per heavy atom. The van der Waals surface area contributed by atoms with Gasteiger partial charge in [0.05, 0.1) is 30.7 Å². The van der Waals surface area contributed by atoms with Crippen molar-refractivity contribution in [2.75, 3.05) is 13.7 Å². The van der Waals surface area contributed by atoms with Crippen molar-refractivity contribution in [3.63, 3.8) is 0 Å². The summed E-state index contributed by atoms with van der Waals surface area (Å²) in [7, 11) is 1.60. The number of benzene rings is 1. The Labute approximate surface area is 192 Å². The molecule has 0 N–H and O–H groups in total. The van der Waals surface area contributed by atoms with Crippen molar-refractivity contribution >= 4 is 28.6 Å². The van der Waals surface area contributed by atoms with Crippen LogP contribution in [0.4, 0.5) is 0 Å². The number of carbonyl (C=O) groups excluding carboxylic acids is 1. The van der Waals surface area contributed by atoms with Crippen molar-refractivity contribution in [2.24, 2.45) is 0 Å². The molecule has 0 unspecified atom stereocenters. The number of thiazole rings is 1. The molecule has 10 heteroatoms. The maximum absolute atomic E-state index is 12.1. The van der Waals surface area contributed by atoms with Gasteiger partial charge in [-0.05, 0) is 36.6 Å². The minimum absolute atomic E-state index is 0.105. The first kappa shape index (κ1) is 22.0. The van der Waals surface area contributed by atoms with E-state index in [4.69, 9.17) is 18.7 Å². The summed E-state index contributed by atoms with van der Waals surface area (Å²) in [5, 5.41) is 8.56. The minimum Gasteiger partial charge on any atom is -0.493 e. The number of ether oxygens (including phenoxy) is 3. The van der Waals surface area contributed by atoms with Gasteiger partial charge in [-0.2, -0.15) is 4.98 Å². The number of methoxy groups -OCH3 is 1. The molecule has 8 nitrogen and oxygen atoms in total. The number of aromatic nitrogens is 3. The van der Waals surface area contributed by atoms with Crippen LogP contribution < -0.4 is 9.47 Å². The molecule has 0 spiro atoms.